The third-order valence-corrected chi connectivity index (χ3v) is 8.23. The third kappa shape index (κ3) is 2.73. The van der Waals surface area contributed by atoms with Crippen molar-refractivity contribution in [3.05, 3.63) is 35.4 Å². The topological polar surface area (TPSA) is 149 Å². The molecule has 2 fully saturated rings. The Bertz CT molecular complexity index is 1030. The van der Waals surface area contributed by atoms with Gasteiger partial charge in [0.2, 0.25) is 0 Å². The fraction of sp³-hybridized carbons (Fsp3) is 0.609. The molecule has 5 N–H and O–H groups in total. The monoisotopic (exact) mass is 465 g/mol. The van der Waals surface area contributed by atoms with E-state index in [2.05, 4.69) is 18.0 Å². The molecule has 1 aromatic carbocycles. The molecule has 10 heteroatoms. The number of hydrogen-bond acceptors (Lipinski definition) is 9. The van der Waals surface area contributed by atoms with Crippen LogP contribution < -0.4 is 4.74 Å². The number of benzene rings is 1. The Morgan fingerprint density at radius 2 is 1.97 bits per heavy atom. The van der Waals surface area contributed by atoms with Crippen LogP contribution in [-0.4, -0.2) is 98.9 Å². The summed E-state index contributed by atoms with van der Waals surface area (Å²) in [6.45, 7) is 0.838. The van der Waals surface area contributed by atoms with Crippen molar-refractivity contribution in [2.75, 3.05) is 13.6 Å². The van der Waals surface area contributed by atoms with Gasteiger partial charge < -0.3 is 44.6 Å². The van der Waals surface area contributed by atoms with Crippen LogP contribution in [0.25, 0.3) is 0 Å². The van der Waals surface area contributed by atoms with Gasteiger partial charge in [-0.3, -0.25) is 0 Å². The molecule has 1 spiro atoms. The number of phenols is 1. The predicted molar refractivity (Wildman–Crippen MR) is 111 cm³/mol. The van der Waals surface area contributed by atoms with Crippen LogP contribution in [0, 0.1) is 5.92 Å². The molecule has 178 valence electrons. The number of aliphatic hydroxyl groups excluding tert-OH is 3. The van der Waals surface area contributed by atoms with E-state index in [1.54, 1.807) is 6.07 Å². The summed E-state index contributed by atoms with van der Waals surface area (Å²) in [5, 5.41) is 50.5. The Morgan fingerprint density at radius 1 is 1.18 bits per heavy atom. The summed E-state index contributed by atoms with van der Waals surface area (Å²) >= 11 is 0. The molecule has 2 bridgehead atoms. The van der Waals surface area contributed by atoms with Crippen LogP contribution in [0.1, 0.15) is 17.5 Å². The summed E-state index contributed by atoms with van der Waals surface area (Å²) in [6.07, 6.45) is -4.16. The first-order valence-corrected chi connectivity index (χ1v) is 11.2. The van der Waals surface area contributed by atoms with E-state index in [9.17, 15) is 30.3 Å². The van der Waals surface area contributed by atoms with Crippen molar-refractivity contribution in [1.82, 2.24) is 4.90 Å². The van der Waals surface area contributed by atoms with Crippen LogP contribution in [0.2, 0.25) is 0 Å². The van der Waals surface area contributed by atoms with Gasteiger partial charge in [-0.15, -0.1) is 0 Å². The molecule has 33 heavy (non-hydrogen) atoms. The van der Waals surface area contributed by atoms with Crippen molar-refractivity contribution in [2.24, 2.45) is 5.92 Å². The maximum atomic E-state index is 11.5. The standard InChI is InChI=1S/C23H27NO9/c1-24-7-6-23-10-3-5-13(31-22-17(28)15(26)16(27)19(33-22)21(29)30)20(23)32-18-12(25)4-2-9(14(18)23)8-11(10)24/h2-5,10-11,13,15-17,19-20,22,25-28H,6-8H2,1H3,(H,29,30)/t10-,11+,13-,15-,16-,17+,19-,20-,22+,23-/m0/s1/i6+1,7+1,11+1,24+1. The number of carboxylic acid groups (broad SMARTS) is 1. The van der Waals surface area contributed by atoms with Crippen LogP contribution in [-0.2, 0) is 26.1 Å². The number of nitrogens with zero attached hydrogens (tertiary/aromatic N) is 1. The summed E-state index contributed by atoms with van der Waals surface area (Å²) in [5.74, 6) is -0.824. The van der Waals surface area contributed by atoms with E-state index >= 15 is 0 Å². The highest BCUT2D eigenvalue weighted by atomic mass is 16.7. The largest absolute Gasteiger partial charge is 0.504 e. The van der Waals surface area contributed by atoms with Crippen LogP contribution in [0.4, 0.5) is 0 Å². The van der Waals surface area contributed by atoms with E-state index in [4.69, 9.17) is 14.2 Å². The number of carbonyl (C=O) groups is 1. The molecule has 10 atom stereocenters. The molecule has 0 unspecified atom stereocenters. The van der Waals surface area contributed by atoms with Gasteiger partial charge in [-0.25, -0.2) is 4.79 Å². The molecule has 0 aromatic heterocycles. The Morgan fingerprint density at radius 3 is 2.73 bits per heavy atom. The number of aliphatic carboxylic acids is 1. The van der Waals surface area contributed by atoms with Gasteiger partial charge in [0.1, 0.15) is 30.5 Å². The molecule has 1 aromatic rings. The lowest BCUT2D eigenvalue weighted by Gasteiger charge is -2.57. The van der Waals surface area contributed by atoms with Crippen molar-refractivity contribution in [2.45, 2.75) is 67.2 Å². The smallest absolute Gasteiger partial charge is 0.335 e. The highest BCUT2D eigenvalue weighted by molar-refractivity contribution is 5.73. The minimum Gasteiger partial charge on any atom is -0.504 e. The molecular weight excluding hydrogens is 438 g/mol. The lowest BCUT2D eigenvalue weighted by atomic mass is 9.65. The molecule has 6 rings (SSSR count). The zero-order valence-corrected chi connectivity index (χ0v) is 17.9. The Labute approximate surface area is 189 Å². The fourth-order valence-electron chi connectivity index (χ4n) is 6.66. The van der Waals surface area contributed by atoms with E-state index in [1.165, 1.54) is 0 Å². The minimum atomic E-state index is -1.79. The molecule has 2 saturated heterocycles. The molecule has 0 amide bonds. The lowest BCUT2D eigenvalue weighted by molar-refractivity contribution is -0.307. The summed E-state index contributed by atoms with van der Waals surface area (Å²) in [5.41, 5.74) is 1.69. The lowest BCUT2D eigenvalue weighted by Crippen LogP contribution is -2.66. The zero-order chi connectivity index (χ0) is 23.2. The van der Waals surface area contributed by atoms with Crippen molar-refractivity contribution in [3.8, 4) is 11.5 Å². The summed E-state index contributed by atoms with van der Waals surface area (Å²) in [7, 11) is 2.11. The highest BCUT2D eigenvalue weighted by Gasteiger charge is 2.65. The van der Waals surface area contributed by atoms with Crippen molar-refractivity contribution in [1.29, 1.82) is 0 Å². The zero-order valence-electron chi connectivity index (χ0n) is 17.9. The summed E-state index contributed by atoms with van der Waals surface area (Å²) in [6, 6.07) is 3.85. The molecular formula is C23H27NO9. The summed E-state index contributed by atoms with van der Waals surface area (Å²) < 4.78 is 17.7. The quantitative estimate of drug-likeness (QED) is 0.216. The minimum absolute atomic E-state index is 0.0610. The third-order valence-electron chi connectivity index (χ3n) is 8.23. The average Bonchev–Trinajstić information content (AvgIpc) is 3.14. The van der Waals surface area contributed by atoms with Gasteiger partial charge in [-0.2, -0.15) is 0 Å². The van der Waals surface area contributed by atoms with E-state index in [-0.39, 0.29) is 17.7 Å². The maximum absolute atomic E-state index is 11.5. The second-order valence-electron chi connectivity index (χ2n) is 9.78. The first-order valence-electron chi connectivity index (χ1n) is 11.2. The van der Waals surface area contributed by atoms with Crippen molar-refractivity contribution < 1.29 is 44.5 Å². The van der Waals surface area contributed by atoms with E-state index < -0.39 is 54.3 Å². The summed E-state index contributed by atoms with van der Waals surface area (Å²) in [4.78, 5) is 13.8. The highest BCUT2D eigenvalue weighted by Crippen LogP contribution is 2.62. The number of phenolic OH excluding ortho intramolecular Hbond substituents is 1. The normalized spacial score (nSPS) is 45.4. The second kappa shape index (κ2) is 7.14. The molecule has 0 saturated carbocycles. The number of rotatable bonds is 3. The second-order valence-corrected chi connectivity index (χ2v) is 9.78. The van der Waals surface area contributed by atoms with Gasteiger partial charge in [0.15, 0.2) is 23.9 Å². The van der Waals surface area contributed by atoms with E-state index in [0.717, 1.165) is 30.5 Å². The van der Waals surface area contributed by atoms with Crippen molar-refractivity contribution >= 4 is 5.97 Å². The van der Waals surface area contributed by atoms with Gasteiger partial charge in [-0.1, -0.05) is 18.2 Å². The van der Waals surface area contributed by atoms with Gasteiger partial charge in [0.25, 0.3) is 0 Å². The number of likely N-dealkylation sites (N-methyl/N-ethyl adjacent to an activating group) is 1. The Hall–Kier alpha value is -2.21. The van der Waals surface area contributed by atoms with Gasteiger partial charge in [0, 0.05) is 22.9 Å². The van der Waals surface area contributed by atoms with Gasteiger partial charge in [0.05, 0.1) is 0 Å². The molecule has 3 heterocycles. The first kappa shape index (κ1) is 21.3. The van der Waals surface area contributed by atoms with Crippen LogP contribution in [0.5, 0.6) is 11.5 Å². The Kier molecular flexibility index (Phi) is 4.62. The number of aliphatic hydroxyl groups is 3. The number of likely N-dealkylation sites (tertiary alicyclic amines) is 1. The number of ether oxygens (including phenoxy) is 3. The molecule has 0 radical (unpaired) electrons. The number of hydrogen-bond donors (Lipinski definition) is 5. The predicted octanol–water partition coefficient (Wildman–Crippen LogP) is -0.885. The van der Waals surface area contributed by atoms with Gasteiger partial charge >= 0.3 is 5.97 Å². The molecule has 5 aliphatic rings. The van der Waals surface area contributed by atoms with E-state index in [0.29, 0.717) is 5.75 Å². The number of aromatic hydroxyl groups is 1. The molecule has 3 aliphatic heterocycles. The van der Waals surface area contributed by atoms with Crippen LogP contribution >= 0.6 is 0 Å². The molecule has 2 aliphatic carbocycles. The van der Waals surface area contributed by atoms with Gasteiger partial charge in [-0.05, 0) is 38.1 Å². The SMILES string of the molecule is C[15N]1[13CH2][13CH2][C@]23c4c5ccc(O)c4O[C@H]2[C@@H](O[C@@H]2O[C@H](C(=O)O)[C@@H](O)[C@H](O)[C@H]2O)C=C[C@H]3[13C@H]1C5. The molecule has 10 nitrogen and oxygen atoms in total. The average molecular weight is 465 g/mol. The van der Waals surface area contributed by atoms with Crippen LogP contribution in [0.3, 0.4) is 0 Å². The first-order chi connectivity index (χ1) is 15.7. The number of carboxylic acids is 1. The van der Waals surface area contributed by atoms with E-state index in [1.807, 2.05) is 12.1 Å². The fourth-order valence-corrected chi connectivity index (χ4v) is 6.66. The van der Waals surface area contributed by atoms with Crippen molar-refractivity contribution in [3.63, 3.8) is 0 Å². The maximum Gasteiger partial charge on any atom is 0.335 e. The Balaban J connectivity index is 1.38. The van der Waals surface area contributed by atoms with Crippen LogP contribution in [0.15, 0.2) is 24.3 Å². The number of piperidine rings is 1.